The van der Waals surface area contributed by atoms with E-state index in [9.17, 15) is 9.90 Å². The van der Waals surface area contributed by atoms with Gasteiger partial charge in [0, 0.05) is 13.0 Å². The summed E-state index contributed by atoms with van der Waals surface area (Å²) in [6, 6.07) is 5.13. The van der Waals surface area contributed by atoms with Crippen LogP contribution in [0, 0.1) is 6.92 Å². The van der Waals surface area contributed by atoms with E-state index in [0.717, 1.165) is 11.3 Å². The molecule has 0 amide bonds. The van der Waals surface area contributed by atoms with Crippen molar-refractivity contribution in [2.45, 2.75) is 19.9 Å². The SMILES string of the molecule is Cc1nc2c(C(=O)O)cccc2n1CCc1ncno1. The summed E-state index contributed by atoms with van der Waals surface area (Å²) in [4.78, 5) is 19.5. The second kappa shape index (κ2) is 4.76. The molecule has 7 nitrogen and oxygen atoms in total. The lowest BCUT2D eigenvalue weighted by molar-refractivity contribution is 0.0699. The van der Waals surface area contributed by atoms with Crippen LogP contribution < -0.4 is 0 Å². The fraction of sp³-hybridized carbons (Fsp3) is 0.231. The summed E-state index contributed by atoms with van der Waals surface area (Å²) in [7, 11) is 0. The maximum absolute atomic E-state index is 11.2. The minimum absolute atomic E-state index is 0.210. The van der Waals surface area contributed by atoms with Gasteiger partial charge >= 0.3 is 5.97 Å². The van der Waals surface area contributed by atoms with Crippen molar-refractivity contribution in [1.29, 1.82) is 0 Å². The molecule has 0 aliphatic carbocycles. The molecular formula is C13H12N4O3. The van der Waals surface area contributed by atoms with Crippen LogP contribution in [-0.4, -0.2) is 30.8 Å². The third-order valence-electron chi connectivity index (χ3n) is 3.16. The number of nitrogens with zero attached hydrogens (tertiary/aromatic N) is 4. The van der Waals surface area contributed by atoms with Crippen LogP contribution in [0.2, 0.25) is 0 Å². The van der Waals surface area contributed by atoms with Crippen molar-refractivity contribution in [3.8, 4) is 0 Å². The number of para-hydroxylation sites is 1. The topological polar surface area (TPSA) is 94.0 Å². The minimum atomic E-state index is -0.975. The van der Waals surface area contributed by atoms with E-state index in [1.54, 1.807) is 12.1 Å². The monoisotopic (exact) mass is 272 g/mol. The fourth-order valence-corrected chi connectivity index (χ4v) is 2.23. The minimum Gasteiger partial charge on any atom is -0.478 e. The highest BCUT2D eigenvalue weighted by Gasteiger charge is 2.15. The van der Waals surface area contributed by atoms with Crippen molar-refractivity contribution in [1.82, 2.24) is 19.7 Å². The van der Waals surface area contributed by atoms with Crippen molar-refractivity contribution >= 4 is 17.0 Å². The molecule has 0 spiro atoms. The quantitative estimate of drug-likeness (QED) is 0.776. The Morgan fingerprint density at radius 1 is 1.45 bits per heavy atom. The summed E-state index contributed by atoms with van der Waals surface area (Å²) in [5.74, 6) is 0.325. The first-order valence-corrected chi connectivity index (χ1v) is 6.11. The first kappa shape index (κ1) is 12.3. The molecule has 0 radical (unpaired) electrons. The molecule has 3 rings (SSSR count). The highest BCUT2D eigenvalue weighted by atomic mass is 16.5. The third-order valence-corrected chi connectivity index (χ3v) is 3.16. The Kier molecular flexibility index (Phi) is 2.94. The number of aromatic carboxylic acids is 1. The molecule has 0 fully saturated rings. The largest absolute Gasteiger partial charge is 0.478 e. The molecule has 2 aromatic heterocycles. The van der Waals surface area contributed by atoms with Crippen molar-refractivity contribution in [3.05, 3.63) is 41.8 Å². The average molecular weight is 272 g/mol. The summed E-state index contributed by atoms with van der Waals surface area (Å²) < 4.78 is 6.91. The Morgan fingerprint density at radius 2 is 2.30 bits per heavy atom. The highest BCUT2D eigenvalue weighted by molar-refractivity contribution is 6.01. The van der Waals surface area contributed by atoms with Gasteiger partial charge in [-0.15, -0.1) is 0 Å². The predicted molar refractivity (Wildman–Crippen MR) is 69.4 cm³/mol. The van der Waals surface area contributed by atoms with Crippen LogP contribution in [0.15, 0.2) is 29.0 Å². The van der Waals surface area contributed by atoms with Gasteiger partial charge in [-0.05, 0) is 19.1 Å². The van der Waals surface area contributed by atoms with E-state index in [0.29, 0.717) is 24.4 Å². The number of benzene rings is 1. The first-order valence-electron chi connectivity index (χ1n) is 6.11. The van der Waals surface area contributed by atoms with E-state index in [1.807, 2.05) is 17.6 Å². The van der Waals surface area contributed by atoms with E-state index >= 15 is 0 Å². The van der Waals surface area contributed by atoms with Crippen LogP contribution in [0.25, 0.3) is 11.0 Å². The van der Waals surface area contributed by atoms with Gasteiger partial charge in [-0.2, -0.15) is 4.98 Å². The molecule has 0 unspecified atom stereocenters. The van der Waals surface area contributed by atoms with E-state index in [1.165, 1.54) is 6.33 Å². The van der Waals surface area contributed by atoms with Crippen molar-refractivity contribution < 1.29 is 14.4 Å². The normalized spacial score (nSPS) is 11.1. The Balaban J connectivity index is 2.00. The predicted octanol–water partition coefficient (Wildman–Crippen LogP) is 1.67. The van der Waals surface area contributed by atoms with Gasteiger partial charge in [-0.3, -0.25) is 0 Å². The van der Waals surface area contributed by atoms with Gasteiger partial charge in [0.15, 0.2) is 6.33 Å². The Bertz CT molecular complexity index is 761. The van der Waals surface area contributed by atoms with Crippen LogP contribution in [0.3, 0.4) is 0 Å². The lowest BCUT2D eigenvalue weighted by atomic mass is 10.2. The zero-order chi connectivity index (χ0) is 14.1. The number of aromatic nitrogens is 4. The summed E-state index contributed by atoms with van der Waals surface area (Å²) in [5, 5.41) is 12.7. The summed E-state index contributed by atoms with van der Waals surface area (Å²) in [6.07, 6.45) is 1.93. The van der Waals surface area contributed by atoms with Crippen LogP contribution in [0.5, 0.6) is 0 Å². The number of hydrogen-bond acceptors (Lipinski definition) is 5. The van der Waals surface area contributed by atoms with Gasteiger partial charge < -0.3 is 14.2 Å². The van der Waals surface area contributed by atoms with E-state index in [4.69, 9.17) is 4.52 Å². The molecule has 20 heavy (non-hydrogen) atoms. The first-order chi connectivity index (χ1) is 9.66. The van der Waals surface area contributed by atoms with E-state index < -0.39 is 5.97 Å². The van der Waals surface area contributed by atoms with E-state index in [2.05, 4.69) is 15.1 Å². The van der Waals surface area contributed by atoms with Crippen LogP contribution in [-0.2, 0) is 13.0 Å². The number of hydrogen-bond donors (Lipinski definition) is 1. The second-order valence-electron chi connectivity index (χ2n) is 4.37. The summed E-state index contributed by atoms with van der Waals surface area (Å²) in [5.41, 5.74) is 1.51. The van der Waals surface area contributed by atoms with Gasteiger partial charge in [0.05, 0.1) is 11.1 Å². The zero-order valence-electron chi connectivity index (χ0n) is 10.8. The van der Waals surface area contributed by atoms with Crippen molar-refractivity contribution in [2.24, 2.45) is 0 Å². The Labute approximate surface area is 113 Å². The molecule has 1 N–H and O–H groups in total. The van der Waals surface area contributed by atoms with Crippen molar-refractivity contribution in [3.63, 3.8) is 0 Å². The number of fused-ring (bicyclic) bond motifs is 1. The summed E-state index contributed by atoms with van der Waals surface area (Å²) in [6.45, 7) is 2.45. The molecular weight excluding hydrogens is 260 g/mol. The van der Waals surface area contributed by atoms with Crippen molar-refractivity contribution in [2.75, 3.05) is 0 Å². The number of aryl methyl sites for hydroxylation is 3. The molecule has 0 atom stereocenters. The van der Waals surface area contributed by atoms with Gasteiger partial charge in [-0.1, -0.05) is 11.2 Å². The van der Waals surface area contributed by atoms with Crippen LogP contribution in [0.4, 0.5) is 0 Å². The summed E-state index contributed by atoms with van der Waals surface area (Å²) >= 11 is 0. The lowest BCUT2D eigenvalue weighted by Gasteiger charge is -2.04. The molecule has 2 heterocycles. The highest BCUT2D eigenvalue weighted by Crippen LogP contribution is 2.20. The van der Waals surface area contributed by atoms with Crippen LogP contribution >= 0.6 is 0 Å². The molecule has 0 aliphatic heterocycles. The fourth-order valence-electron chi connectivity index (χ4n) is 2.23. The smallest absolute Gasteiger partial charge is 0.337 e. The molecule has 3 aromatic rings. The second-order valence-corrected chi connectivity index (χ2v) is 4.37. The number of imidazole rings is 1. The Morgan fingerprint density at radius 3 is 3.00 bits per heavy atom. The molecule has 102 valence electrons. The molecule has 0 bridgehead atoms. The maximum atomic E-state index is 11.2. The molecule has 1 aromatic carbocycles. The number of rotatable bonds is 4. The zero-order valence-corrected chi connectivity index (χ0v) is 10.8. The van der Waals surface area contributed by atoms with Gasteiger partial charge in [0.25, 0.3) is 0 Å². The van der Waals surface area contributed by atoms with Gasteiger partial charge in [0.2, 0.25) is 5.89 Å². The van der Waals surface area contributed by atoms with E-state index in [-0.39, 0.29) is 5.56 Å². The number of carboxylic acid groups (broad SMARTS) is 1. The molecule has 0 aliphatic rings. The van der Waals surface area contributed by atoms with Gasteiger partial charge in [0.1, 0.15) is 11.3 Å². The Hall–Kier alpha value is -2.70. The molecule has 0 saturated carbocycles. The third kappa shape index (κ3) is 2.03. The average Bonchev–Trinajstić information content (AvgIpc) is 3.02. The molecule has 7 heteroatoms. The number of carbonyl (C=O) groups is 1. The lowest BCUT2D eigenvalue weighted by Crippen LogP contribution is -2.04. The standard InChI is InChI=1S/C13H12N4O3/c1-8-16-12-9(13(18)19)3-2-4-10(12)17(8)6-5-11-14-7-15-20-11/h2-4,7H,5-6H2,1H3,(H,18,19). The molecule has 0 saturated heterocycles. The number of carboxylic acids is 1. The van der Waals surface area contributed by atoms with Crippen LogP contribution in [0.1, 0.15) is 22.1 Å². The maximum Gasteiger partial charge on any atom is 0.337 e. The van der Waals surface area contributed by atoms with Gasteiger partial charge in [-0.25, -0.2) is 9.78 Å².